The van der Waals surface area contributed by atoms with E-state index in [1.165, 1.54) is 0 Å². The predicted molar refractivity (Wildman–Crippen MR) is 70.6 cm³/mol. The molecule has 0 amide bonds. The van der Waals surface area contributed by atoms with E-state index in [1.54, 1.807) is 24.5 Å². The van der Waals surface area contributed by atoms with Crippen LogP contribution in [-0.4, -0.2) is 19.6 Å². The molecule has 3 aromatic rings. The van der Waals surface area contributed by atoms with Crippen molar-refractivity contribution < 1.29 is 5.11 Å². The fraction of sp³-hybridized carbons (Fsp3) is 0.0769. The SMILES string of the molecule is Cn1c(-c2cccc(O)c2Cl)nc2ccncc21. The zero-order valence-corrected chi connectivity index (χ0v) is 10.4. The van der Waals surface area contributed by atoms with Gasteiger partial charge < -0.3 is 9.67 Å². The number of aryl methyl sites for hydroxylation is 1. The van der Waals surface area contributed by atoms with Crippen molar-refractivity contribution in [3.8, 4) is 17.1 Å². The molecule has 1 aromatic carbocycles. The number of nitrogens with zero attached hydrogens (tertiary/aromatic N) is 3. The summed E-state index contributed by atoms with van der Waals surface area (Å²) in [6.45, 7) is 0. The van der Waals surface area contributed by atoms with Gasteiger partial charge in [-0.05, 0) is 18.2 Å². The zero-order chi connectivity index (χ0) is 12.7. The van der Waals surface area contributed by atoms with E-state index in [1.807, 2.05) is 23.7 Å². The molecule has 5 heteroatoms. The first-order valence-corrected chi connectivity index (χ1v) is 5.80. The van der Waals surface area contributed by atoms with Crippen molar-refractivity contribution in [1.82, 2.24) is 14.5 Å². The number of aromatic nitrogens is 3. The average Bonchev–Trinajstić information content (AvgIpc) is 2.71. The topological polar surface area (TPSA) is 50.9 Å². The Bertz CT molecular complexity index is 736. The number of phenols is 1. The first kappa shape index (κ1) is 11.0. The van der Waals surface area contributed by atoms with E-state index in [-0.39, 0.29) is 5.75 Å². The molecule has 0 bridgehead atoms. The molecule has 3 rings (SSSR count). The quantitative estimate of drug-likeness (QED) is 0.731. The van der Waals surface area contributed by atoms with Gasteiger partial charge in [0.15, 0.2) is 0 Å². The van der Waals surface area contributed by atoms with Gasteiger partial charge in [0.2, 0.25) is 0 Å². The third kappa shape index (κ3) is 1.54. The normalized spacial score (nSPS) is 11.0. The third-order valence-electron chi connectivity index (χ3n) is 2.90. The third-order valence-corrected chi connectivity index (χ3v) is 3.30. The Labute approximate surface area is 108 Å². The summed E-state index contributed by atoms with van der Waals surface area (Å²) in [4.78, 5) is 8.59. The Morgan fingerprint density at radius 2 is 2.11 bits per heavy atom. The number of fused-ring (bicyclic) bond motifs is 1. The van der Waals surface area contributed by atoms with Crippen LogP contribution in [-0.2, 0) is 7.05 Å². The molecule has 2 aromatic heterocycles. The van der Waals surface area contributed by atoms with Crippen molar-refractivity contribution in [2.45, 2.75) is 0 Å². The van der Waals surface area contributed by atoms with Gasteiger partial charge in [0.1, 0.15) is 11.6 Å². The lowest BCUT2D eigenvalue weighted by Gasteiger charge is -2.05. The zero-order valence-electron chi connectivity index (χ0n) is 9.63. The van der Waals surface area contributed by atoms with Gasteiger partial charge in [-0.3, -0.25) is 4.98 Å². The van der Waals surface area contributed by atoms with Gasteiger partial charge in [0.05, 0.1) is 22.3 Å². The Morgan fingerprint density at radius 1 is 1.28 bits per heavy atom. The first-order chi connectivity index (χ1) is 8.68. The number of pyridine rings is 1. The molecule has 0 aliphatic carbocycles. The number of aromatic hydroxyl groups is 1. The van der Waals surface area contributed by atoms with E-state index < -0.39 is 0 Å². The Hall–Kier alpha value is -2.07. The maximum absolute atomic E-state index is 9.65. The van der Waals surface area contributed by atoms with Crippen LogP contribution in [0.3, 0.4) is 0 Å². The molecule has 0 radical (unpaired) electrons. The summed E-state index contributed by atoms with van der Waals surface area (Å²) in [6, 6.07) is 6.97. The number of halogens is 1. The van der Waals surface area contributed by atoms with Gasteiger partial charge in [-0.2, -0.15) is 0 Å². The highest BCUT2D eigenvalue weighted by atomic mass is 35.5. The van der Waals surface area contributed by atoms with E-state index in [2.05, 4.69) is 9.97 Å². The highest BCUT2D eigenvalue weighted by Crippen LogP contribution is 2.34. The molecule has 0 aliphatic heterocycles. The molecule has 0 fully saturated rings. The molecule has 1 N–H and O–H groups in total. The summed E-state index contributed by atoms with van der Waals surface area (Å²) in [5.74, 6) is 0.762. The minimum Gasteiger partial charge on any atom is -0.506 e. The summed E-state index contributed by atoms with van der Waals surface area (Å²) in [5, 5.41) is 9.95. The maximum Gasteiger partial charge on any atom is 0.142 e. The summed E-state index contributed by atoms with van der Waals surface area (Å²) < 4.78 is 1.91. The minimum absolute atomic E-state index is 0.0550. The number of hydrogen-bond donors (Lipinski definition) is 1. The highest BCUT2D eigenvalue weighted by Gasteiger charge is 2.14. The van der Waals surface area contributed by atoms with Crippen LogP contribution in [0.5, 0.6) is 5.75 Å². The van der Waals surface area contributed by atoms with Gasteiger partial charge in [-0.25, -0.2) is 4.98 Å². The number of imidazole rings is 1. The number of rotatable bonds is 1. The summed E-state index contributed by atoms with van der Waals surface area (Å²) in [7, 11) is 1.90. The molecule has 18 heavy (non-hydrogen) atoms. The molecular formula is C13H10ClN3O. The minimum atomic E-state index is 0.0550. The number of benzene rings is 1. The molecule has 0 saturated carbocycles. The van der Waals surface area contributed by atoms with E-state index in [0.717, 1.165) is 11.0 Å². The van der Waals surface area contributed by atoms with Gasteiger partial charge in [-0.15, -0.1) is 0 Å². The van der Waals surface area contributed by atoms with Gasteiger partial charge in [0, 0.05) is 18.8 Å². The van der Waals surface area contributed by atoms with Crippen LogP contribution < -0.4 is 0 Å². The molecule has 0 atom stereocenters. The van der Waals surface area contributed by atoms with Gasteiger partial charge in [0.25, 0.3) is 0 Å². The van der Waals surface area contributed by atoms with Crippen molar-refractivity contribution in [3.63, 3.8) is 0 Å². The number of hydrogen-bond acceptors (Lipinski definition) is 3. The second-order valence-corrected chi connectivity index (χ2v) is 4.38. The molecule has 90 valence electrons. The molecule has 4 nitrogen and oxygen atoms in total. The number of phenolic OH excluding ortho intramolecular Hbond substituents is 1. The summed E-state index contributed by atoms with van der Waals surface area (Å²) in [6.07, 6.45) is 3.45. The van der Waals surface area contributed by atoms with Crippen molar-refractivity contribution >= 4 is 22.6 Å². The second kappa shape index (κ2) is 3.99. The second-order valence-electron chi connectivity index (χ2n) is 4.00. The van der Waals surface area contributed by atoms with E-state index in [0.29, 0.717) is 16.4 Å². The lowest BCUT2D eigenvalue weighted by molar-refractivity contribution is 0.476. The van der Waals surface area contributed by atoms with Crippen molar-refractivity contribution in [2.75, 3.05) is 0 Å². The van der Waals surface area contributed by atoms with Crippen LogP contribution in [0, 0.1) is 0 Å². The van der Waals surface area contributed by atoms with Crippen LogP contribution in [0.2, 0.25) is 5.02 Å². The highest BCUT2D eigenvalue weighted by molar-refractivity contribution is 6.34. The van der Waals surface area contributed by atoms with E-state index >= 15 is 0 Å². The Balaban J connectivity index is 2.32. The largest absolute Gasteiger partial charge is 0.506 e. The van der Waals surface area contributed by atoms with E-state index in [9.17, 15) is 5.11 Å². The van der Waals surface area contributed by atoms with Gasteiger partial charge in [-0.1, -0.05) is 17.7 Å². The fourth-order valence-electron chi connectivity index (χ4n) is 1.97. The van der Waals surface area contributed by atoms with Crippen molar-refractivity contribution in [3.05, 3.63) is 41.7 Å². The van der Waals surface area contributed by atoms with Crippen molar-refractivity contribution in [1.29, 1.82) is 0 Å². The molecule has 0 aliphatic rings. The Morgan fingerprint density at radius 3 is 2.89 bits per heavy atom. The summed E-state index contributed by atoms with van der Waals surface area (Å²) >= 11 is 6.11. The maximum atomic E-state index is 9.65. The van der Waals surface area contributed by atoms with Crippen LogP contribution >= 0.6 is 11.6 Å². The van der Waals surface area contributed by atoms with Crippen LogP contribution in [0.15, 0.2) is 36.7 Å². The van der Waals surface area contributed by atoms with Crippen LogP contribution in [0.25, 0.3) is 22.4 Å². The molecule has 0 unspecified atom stereocenters. The first-order valence-electron chi connectivity index (χ1n) is 5.43. The van der Waals surface area contributed by atoms with Crippen LogP contribution in [0.1, 0.15) is 0 Å². The Kier molecular flexibility index (Phi) is 2.45. The predicted octanol–water partition coefficient (Wildman–Crippen LogP) is 2.99. The molecular weight excluding hydrogens is 250 g/mol. The summed E-state index contributed by atoms with van der Waals surface area (Å²) in [5.41, 5.74) is 2.48. The molecule has 2 heterocycles. The lowest BCUT2D eigenvalue weighted by Crippen LogP contribution is -1.93. The smallest absolute Gasteiger partial charge is 0.142 e. The standard InChI is InChI=1S/C13H10ClN3O/c1-17-10-7-15-6-5-9(10)16-13(17)8-3-2-4-11(18)12(8)14/h2-7,18H,1H3. The molecule has 0 spiro atoms. The van der Waals surface area contributed by atoms with E-state index in [4.69, 9.17) is 11.6 Å². The molecule has 0 saturated heterocycles. The monoisotopic (exact) mass is 259 g/mol. The fourth-order valence-corrected chi connectivity index (χ4v) is 2.18. The average molecular weight is 260 g/mol. The van der Waals surface area contributed by atoms with Crippen molar-refractivity contribution in [2.24, 2.45) is 7.05 Å². The van der Waals surface area contributed by atoms with Gasteiger partial charge >= 0.3 is 0 Å². The lowest BCUT2D eigenvalue weighted by atomic mass is 10.2. The van der Waals surface area contributed by atoms with Crippen LogP contribution in [0.4, 0.5) is 0 Å².